The van der Waals surface area contributed by atoms with Gasteiger partial charge in [0.1, 0.15) is 0 Å². The van der Waals surface area contributed by atoms with Gasteiger partial charge in [-0.1, -0.05) is 6.07 Å². The molecule has 2 aliphatic heterocycles. The number of carbonyl (C=O) groups excluding carboxylic acids is 3. The van der Waals surface area contributed by atoms with Crippen LogP contribution in [0.1, 0.15) is 27.3 Å². The Kier molecular flexibility index (Phi) is 5.48. The fourth-order valence-corrected chi connectivity index (χ4v) is 4.84. The Morgan fingerprint density at radius 1 is 1.21 bits per heavy atom. The number of benzene rings is 1. The van der Waals surface area contributed by atoms with Gasteiger partial charge in [0, 0.05) is 25.8 Å². The number of pyridine rings is 1. The molecule has 174 valence electrons. The van der Waals surface area contributed by atoms with Crippen molar-refractivity contribution in [2.45, 2.75) is 13.8 Å². The molecule has 11 heteroatoms. The molecule has 0 atom stereocenters. The summed E-state index contributed by atoms with van der Waals surface area (Å²) in [5, 5.41) is 7.46. The predicted molar refractivity (Wildman–Crippen MR) is 126 cm³/mol. The number of fused-ring (bicyclic) bond motifs is 2. The van der Waals surface area contributed by atoms with E-state index in [1.165, 1.54) is 0 Å². The van der Waals surface area contributed by atoms with Crippen LogP contribution in [0.15, 0.2) is 29.2 Å². The lowest BCUT2D eigenvalue weighted by Crippen LogP contribution is -2.37. The van der Waals surface area contributed by atoms with Gasteiger partial charge in [0.2, 0.25) is 6.79 Å². The second-order valence-electron chi connectivity index (χ2n) is 7.92. The lowest BCUT2D eigenvalue weighted by molar-refractivity contribution is -0.122. The van der Waals surface area contributed by atoms with Crippen molar-refractivity contribution in [3.05, 3.63) is 51.7 Å². The maximum atomic E-state index is 12.9. The van der Waals surface area contributed by atoms with Gasteiger partial charge in [-0.2, -0.15) is 5.10 Å². The topological polar surface area (TPSA) is 116 Å². The van der Waals surface area contributed by atoms with E-state index in [0.29, 0.717) is 44.4 Å². The normalized spacial score (nSPS) is 16.2. The van der Waals surface area contributed by atoms with Crippen LogP contribution in [0.4, 0.5) is 4.79 Å². The minimum Gasteiger partial charge on any atom is -0.454 e. The molecule has 1 fully saturated rings. The van der Waals surface area contributed by atoms with Crippen molar-refractivity contribution in [1.82, 2.24) is 25.0 Å². The van der Waals surface area contributed by atoms with Crippen molar-refractivity contribution < 1.29 is 23.9 Å². The molecule has 2 aliphatic rings. The van der Waals surface area contributed by atoms with E-state index in [9.17, 15) is 14.4 Å². The summed E-state index contributed by atoms with van der Waals surface area (Å²) >= 11 is 0.868. The number of aryl methyl sites for hydroxylation is 3. The van der Waals surface area contributed by atoms with Crippen molar-refractivity contribution in [3.63, 3.8) is 0 Å². The number of hydrogen-bond donors (Lipinski definition) is 1. The van der Waals surface area contributed by atoms with Crippen LogP contribution in [-0.2, 0) is 11.8 Å². The third-order valence-corrected chi connectivity index (χ3v) is 6.44. The summed E-state index contributed by atoms with van der Waals surface area (Å²) in [6.07, 6.45) is 1.65. The highest BCUT2D eigenvalue weighted by molar-refractivity contribution is 8.18. The molecule has 1 aromatic carbocycles. The summed E-state index contributed by atoms with van der Waals surface area (Å²) in [6, 6.07) is 7.02. The predicted octanol–water partition coefficient (Wildman–Crippen LogP) is 2.78. The van der Waals surface area contributed by atoms with Crippen LogP contribution in [0.3, 0.4) is 0 Å². The highest BCUT2D eigenvalue weighted by Gasteiger charge is 2.35. The van der Waals surface area contributed by atoms with Crippen LogP contribution >= 0.6 is 11.8 Å². The van der Waals surface area contributed by atoms with Crippen molar-refractivity contribution in [1.29, 1.82) is 0 Å². The van der Waals surface area contributed by atoms with Crippen LogP contribution in [0.5, 0.6) is 11.5 Å². The Morgan fingerprint density at radius 3 is 2.82 bits per heavy atom. The van der Waals surface area contributed by atoms with E-state index in [4.69, 9.17) is 9.47 Å². The molecule has 2 aromatic heterocycles. The van der Waals surface area contributed by atoms with Crippen molar-refractivity contribution in [2.75, 3.05) is 19.9 Å². The van der Waals surface area contributed by atoms with E-state index in [1.807, 2.05) is 13.8 Å². The molecular formula is C23H21N5O5S. The smallest absolute Gasteiger partial charge is 0.293 e. The first kappa shape index (κ1) is 22.0. The highest BCUT2D eigenvalue weighted by atomic mass is 32.2. The van der Waals surface area contributed by atoms with Crippen LogP contribution in [-0.4, -0.2) is 56.6 Å². The molecule has 10 nitrogen and oxygen atoms in total. The van der Waals surface area contributed by atoms with Crippen molar-refractivity contribution in [3.8, 4) is 11.5 Å². The maximum Gasteiger partial charge on any atom is 0.293 e. The first-order chi connectivity index (χ1) is 16.3. The van der Waals surface area contributed by atoms with Crippen molar-refractivity contribution >= 4 is 45.9 Å². The van der Waals surface area contributed by atoms with Gasteiger partial charge >= 0.3 is 0 Å². The number of ether oxygens (including phenoxy) is 2. The number of aromatic nitrogens is 3. The summed E-state index contributed by atoms with van der Waals surface area (Å²) in [7, 11) is 1.78. The molecule has 3 aromatic rings. The molecule has 34 heavy (non-hydrogen) atoms. The maximum absolute atomic E-state index is 12.9. The number of hydrogen-bond acceptors (Lipinski definition) is 8. The fraction of sp³-hybridized carbons (Fsp3) is 0.261. The number of carbonyl (C=O) groups is 3. The number of amides is 3. The molecule has 1 saturated heterocycles. The monoisotopic (exact) mass is 479 g/mol. The minimum absolute atomic E-state index is 0.0636. The van der Waals surface area contributed by atoms with E-state index in [0.717, 1.165) is 22.2 Å². The average molecular weight is 480 g/mol. The zero-order chi connectivity index (χ0) is 24.0. The molecule has 3 amide bonds. The van der Waals surface area contributed by atoms with Gasteiger partial charge < -0.3 is 14.8 Å². The molecule has 0 aliphatic carbocycles. The lowest BCUT2D eigenvalue weighted by atomic mass is 10.1. The van der Waals surface area contributed by atoms with Gasteiger partial charge in [0.15, 0.2) is 17.1 Å². The number of thioether (sulfide) groups is 1. The standard InChI is InChI=1S/C23H21N5O5S/c1-12-8-15(19-13(2)26-27(3)20(19)25-12)21(29)24-6-7-28-22(30)18(34-23(28)31)10-14-4-5-16-17(9-14)33-11-32-16/h4-5,8-10H,6-7,11H2,1-3H3,(H,24,29)/b18-10-. The molecule has 0 bridgehead atoms. The zero-order valence-corrected chi connectivity index (χ0v) is 19.6. The van der Waals surface area contributed by atoms with E-state index in [2.05, 4.69) is 15.4 Å². The Labute approximate surface area is 198 Å². The van der Waals surface area contributed by atoms with Crippen LogP contribution < -0.4 is 14.8 Å². The van der Waals surface area contributed by atoms with E-state index in [1.54, 1.807) is 42.1 Å². The van der Waals surface area contributed by atoms with Crippen LogP contribution in [0, 0.1) is 13.8 Å². The summed E-state index contributed by atoms with van der Waals surface area (Å²) in [5.74, 6) is 0.533. The Bertz CT molecular complexity index is 1400. The summed E-state index contributed by atoms with van der Waals surface area (Å²) < 4.78 is 12.3. The summed E-state index contributed by atoms with van der Waals surface area (Å²) in [4.78, 5) is 44.0. The fourth-order valence-electron chi connectivity index (χ4n) is 3.97. The molecular weight excluding hydrogens is 458 g/mol. The first-order valence-electron chi connectivity index (χ1n) is 10.6. The lowest BCUT2D eigenvalue weighted by Gasteiger charge is -2.13. The van der Waals surface area contributed by atoms with E-state index in [-0.39, 0.29) is 31.0 Å². The summed E-state index contributed by atoms with van der Waals surface area (Å²) in [5.41, 5.74) is 3.22. The largest absolute Gasteiger partial charge is 0.454 e. The molecule has 1 N–H and O–H groups in total. The van der Waals surface area contributed by atoms with Crippen LogP contribution in [0.25, 0.3) is 17.1 Å². The number of nitrogens with zero attached hydrogens (tertiary/aromatic N) is 4. The Morgan fingerprint density at radius 2 is 2.00 bits per heavy atom. The van der Waals surface area contributed by atoms with Gasteiger partial charge in [-0.25, -0.2) is 4.98 Å². The van der Waals surface area contributed by atoms with Gasteiger partial charge in [-0.05, 0) is 55.4 Å². The second kappa shape index (κ2) is 8.49. The molecule has 5 rings (SSSR count). The zero-order valence-electron chi connectivity index (χ0n) is 18.7. The third-order valence-electron chi connectivity index (χ3n) is 5.53. The Hall–Kier alpha value is -3.86. The van der Waals surface area contributed by atoms with Crippen molar-refractivity contribution in [2.24, 2.45) is 7.05 Å². The average Bonchev–Trinajstić information content (AvgIpc) is 3.45. The molecule has 0 radical (unpaired) electrons. The van der Waals surface area contributed by atoms with Gasteiger partial charge in [0.05, 0.1) is 21.5 Å². The highest BCUT2D eigenvalue weighted by Crippen LogP contribution is 2.36. The first-order valence-corrected chi connectivity index (χ1v) is 11.4. The number of imide groups is 1. The van der Waals surface area contributed by atoms with E-state index < -0.39 is 5.91 Å². The van der Waals surface area contributed by atoms with Gasteiger partial charge in [0.25, 0.3) is 17.1 Å². The van der Waals surface area contributed by atoms with Gasteiger partial charge in [-0.15, -0.1) is 0 Å². The number of rotatable bonds is 5. The SMILES string of the molecule is Cc1cc(C(=O)NCCN2C(=O)S/C(=C\c3ccc4c(c3)OCO4)C2=O)c2c(C)nn(C)c2n1. The number of nitrogens with one attached hydrogen (secondary N) is 1. The Balaban J connectivity index is 1.26. The minimum atomic E-state index is -0.396. The molecule has 4 heterocycles. The third kappa shape index (κ3) is 3.87. The second-order valence-corrected chi connectivity index (χ2v) is 8.91. The molecule has 0 saturated carbocycles. The molecule has 0 spiro atoms. The molecule has 0 unspecified atom stereocenters. The van der Waals surface area contributed by atoms with Crippen LogP contribution in [0.2, 0.25) is 0 Å². The summed E-state index contributed by atoms with van der Waals surface area (Å²) in [6.45, 7) is 3.98. The van der Waals surface area contributed by atoms with Gasteiger partial charge in [-0.3, -0.25) is 24.0 Å². The quantitative estimate of drug-likeness (QED) is 0.556. The van der Waals surface area contributed by atoms with E-state index >= 15 is 0 Å².